The quantitative estimate of drug-likeness (QED) is 0.585. The third-order valence-electron chi connectivity index (χ3n) is 5.09. The number of likely N-dealkylation sites (tertiary alicyclic amines) is 1. The second kappa shape index (κ2) is 8.61. The van der Waals surface area contributed by atoms with Crippen LogP contribution in [0, 0.1) is 6.92 Å². The molecule has 1 aliphatic heterocycles. The van der Waals surface area contributed by atoms with Gasteiger partial charge in [0.1, 0.15) is 0 Å². The van der Waals surface area contributed by atoms with Crippen LogP contribution in [-0.2, 0) is 4.79 Å². The van der Waals surface area contributed by atoms with Gasteiger partial charge in [-0.2, -0.15) is 4.98 Å². The number of nitrogens with zero attached hydrogens (tertiary/aromatic N) is 3. The van der Waals surface area contributed by atoms with Crippen LogP contribution < -0.4 is 0 Å². The maximum absolute atomic E-state index is 12.8. The molecule has 28 heavy (non-hydrogen) atoms. The Kier molecular flexibility index (Phi) is 5.76. The van der Waals surface area contributed by atoms with Gasteiger partial charge in [0.25, 0.3) is 0 Å². The standard InChI is InChI=1S/C22H23N3O2S/c1-16-23-22(27-24-16)20-15-25(14-19(20)17-8-4-2-5-9-17)21(26)12-13-28-18-10-6-3-7-11-18/h2-11,19-20H,12-15H2,1H3/t19-,20+/m1/s1. The average molecular weight is 394 g/mol. The van der Waals surface area contributed by atoms with Crippen LogP contribution in [0.25, 0.3) is 0 Å². The lowest BCUT2D eigenvalue weighted by atomic mass is 9.89. The molecule has 144 valence electrons. The summed E-state index contributed by atoms with van der Waals surface area (Å²) in [5, 5.41) is 3.95. The van der Waals surface area contributed by atoms with E-state index in [9.17, 15) is 4.79 Å². The molecule has 0 aliphatic carbocycles. The van der Waals surface area contributed by atoms with Crippen LogP contribution >= 0.6 is 11.8 Å². The van der Waals surface area contributed by atoms with Crippen LogP contribution in [0.15, 0.2) is 70.1 Å². The molecule has 6 heteroatoms. The molecule has 5 nitrogen and oxygen atoms in total. The molecule has 0 unspecified atom stereocenters. The highest BCUT2D eigenvalue weighted by atomic mass is 32.2. The first-order valence-corrected chi connectivity index (χ1v) is 10.5. The molecule has 4 rings (SSSR count). The van der Waals surface area contributed by atoms with E-state index in [0.717, 1.165) is 5.75 Å². The van der Waals surface area contributed by atoms with Crippen molar-refractivity contribution in [2.75, 3.05) is 18.8 Å². The van der Waals surface area contributed by atoms with Crippen molar-refractivity contribution in [3.63, 3.8) is 0 Å². The lowest BCUT2D eigenvalue weighted by Crippen LogP contribution is -2.29. The summed E-state index contributed by atoms with van der Waals surface area (Å²) in [5.41, 5.74) is 1.21. The lowest BCUT2D eigenvalue weighted by molar-refractivity contribution is -0.129. The second-order valence-electron chi connectivity index (χ2n) is 7.01. The van der Waals surface area contributed by atoms with Gasteiger partial charge in [0.05, 0.1) is 5.92 Å². The first-order valence-electron chi connectivity index (χ1n) is 9.51. The Morgan fingerprint density at radius 2 is 1.75 bits per heavy atom. The van der Waals surface area contributed by atoms with E-state index in [-0.39, 0.29) is 17.7 Å². The monoisotopic (exact) mass is 393 g/mol. The minimum absolute atomic E-state index is 0.0364. The van der Waals surface area contributed by atoms with Gasteiger partial charge < -0.3 is 9.42 Å². The fourth-order valence-electron chi connectivity index (χ4n) is 3.69. The molecule has 1 aliphatic rings. The number of aryl methyl sites for hydroxylation is 1. The summed E-state index contributed by atoms with van der Waals surface area (Å²) < 4.78 is 5.46. The van der Waals surface area contributed by atoms with Crippen molar-refractivity contribution in [1.82, 2.24) is 15.0 Å². The van der Waals surface area contributed by atoms with Crippen LogP contribution in [-0.4, -0.2) is 39.8 Å². The molecular weight excluding hydrogens is 370 g/mol. The van der Waals surface area contributed by atoms with Crippen molar-refractivity contribution < 1.29 is 9.32 Å². The molecule has 1 amide bonds. The predicted molar refractivity (Wildman–Crippen MR) is 109 cm³/mol. The zero-order valence-corrected chi connectivity index (χ0v) is 16.6. The van der Waals surface area contributed by atoms with Gasteiger partial charge in [0.15, 0.2) is 5.82 Å². The molecular formula is C22H23N3O2S. The first kappa shape index (κ1) is 18.7. The maximum atomic E-state index is 12.8. The molecule has 2 heterocycles. The number of hydrogen-bond acceptors (Lipinski definition) is 5. The zero-order chi connectivity index (χ0) is 19.3. The van der Waals surface area contributed by atoms with E-state index in [0.29, 0.717) is 31.2 Å². The fourth-order valence-corrected chi connectivity index (χ4v) is 4.55. The second-order valence-corrected chi connectivity index (χ2v) is 8.18. The number of hydrogen-bond donors (Lipinski definition) is 0. The van der Waals surface area contributed by atoms with E-state index >= 15 is 0 Å². The molecule has 1 aromatic heterocycles. The van der Waals surface area contributed by atoms with Gasteiger partial charge in [0.2, 0.25) is 11.8 Å². The predicted octanol–water partition coefficient (Wildman–Crippen LogP) is 4.27. The van der Waals surface area contributed by atoms with Crippen molar-refractivity contribution in [3.8, 4) is 0 Å². The number of carbonyl (C=O) groups excluding carboxylic acids is 1. The van der Waals surface area contributed by atoms with Gasteiger partial charge >= 0.3 is 0 Å². The normalized spacial score (nSPS) is 19.1. The van der Waals surface area contributed by atoms with E-state index < -0.39 is 0 Å². The summed E-state index contributed by atoms with van der Waals surface area (Å²) in [6.45, 7) is 3.13. The van der Waals surface area contributed by atoms with Gasteiger partial charge in [-0.25, -0.2) is 0 Å². The SMILES string of the molecule is Cc1noc([C@H]2CN(C(=O)CCSc3ccccc3)C[C@@H]2c2ccccc2)n1. The van der Waals surface area contributed by atoms with E-state index in [1.165, 1.54) is 10.5 Å². The summed E-state index contributed by atoms with van der Waals surface area (Å²) in [6, 6.07) is 20.5. The molecule has 0 spiro atoms. The number of carbonyl (C=O) groups is 1. The van der Waals surface area contributed by atoms with Crippen LogP contribution in [0.2, 0.25) is 0 Å². The van der Waals surface area contributed by atoms with E-state index in [1.807, 2.05) is 48.2 Å². The van der Waals surface area contributed by atoms with Crippen molar-refractivity contribution in [3.05, 3.63) is 77.9 Å². The number of amides is 1. The number of benzene rings is 2. The Hall–Kier alpha value is -2.60. The average Bonchev–Trinajstić information content (AvgIpc) is 3.36. The van der Waals surface area contributed by atoms with E-state index in [4.69, 9.17) is 4.52 Å². The molecule has 3 aromatic rings. The van der Waals surface area contributed by atoms with Crippen molar-refractivity contribution in [2.24, 2.45) is 0 Å². The molecule has 1 fully saturated rings. The first-order chi connectivity index (χ1) is 13.7. The Labute approximate surface area is 169 Å². The minimum atomic E-state index is 0.0364. The van der Waals surface area contributed by atoms with Gasteiger partial charge in [-0.05, 0) is 24.6 Å². The summed E-state index contributed by atoms with van der Waals surface area (Å²) in [6.07, 6.45) is 0.524. The summed E-state index contributed by atoms with van der Waals surface area (Å²) in [7, 11) is 0. The highest BCUT2D eigenvalue weighted by Gasteiger charge is 2.39. The molecule has 2 atom stereocenters. The highest BCUT2D eigenvalue weighted by Crippen LogP contribution is 2.39. The van der Waals surface area contributed by atoms with Crippen molar-refractivity contribution in [2.45, 2.75) is 30.1 Å². The smallest absolute Gasteiger partial charge is 0.232 e. The Morgan fingerprint density at radius 3 is 2.43 bits per heavy atom. The summed E-state index contributed by atoms with van der Waals surface area (Å²) >= 11 is 1.72. The molecule has 1 saturated heterocycles. The van der Waals surface area contributed by atoms with Crippen LogP contribution in [0.5, 0.6) is 0 Å². The van der Waals surface area contributed by atoms with Gasteiger partial charge in [0, 0.05) is 36.1 Å². The molecule has 0 radical (unpaired) electrons. The van der Waals surface area contributed by atoms with Gasteiger partial charge in [-0.3, -0.25) is 4.79 Å². The van der Waals surface area contributed by atoms with Gasteiger partial charge in [-0.15, -0.1) is 11.8 Å². The van der Waals surface area contributed by atoms with E-state index in [2.05, 4.69) is 34.4 Å². The van der Waals surface area contributed by atoms with Crippen LogP contribution in [0.3, 0.4) is 0 Å². The largest absolute Gasteiger partial charge is 0.341 e. The number of thioether (sulfide) groups is 1. The van der Waals surface area contributed by atoms with Crippen molar-refractivity contribution >= 4 is 17.7 Å². The fraction of sp³-hybridized carbons (Fsp3) is 0.318. The Bertz CT molecular complexity index is 914. The third kappa shape index (κ3) is 4.28. The molecule has 0 N–H and O–H groups in total. The Morgan fingerprint density at radius 1 is 1.07 bits per heavy atom. The molecule has 0 bridgehead atoms. The topological polar surface area (TPSA) is 59.2 Å². The maximum Gasteiger partial charge on any atom is 0.232 e. The highest BCUT2D eigenvalue weighted by molar-refractivity contribution is 7.99. The zero-order valence-electron chi connectivity index (χ0n) is 15.8. The third-order valence-corrected chi connectivity index (χ3v) is 6.10. The van der Waals surface area contributed by atoms with Gasteiger partial charge in [-0.1, -0.05) is 53.7 Å². The molecule has 2 aromatic carbocycles. The van der Waals surface area contributed by atoms with Crippen LogP contribution in [0.4, 0.5) is 0 Å². The minimum Gasteiger partial charge on any atom is -0.341 e. The van der Waals surface area contributed by atoms with Crippen LogP contribution in [0.1, 0.15) is 35.5 Å². The number of rotatable bonds is 6. The van der Waals surface area contributed by atoms with Crippen molar-refractivity contribution in [1.29, 1.82) is 0 Å². The van der Waals surface area contributed by atoms with E-state index in [1.54, 1.807) is 11.8 Å². The summed E-state index contributed by atoms with van der Waals surface area (Å²) in [5.74, 6) is 2.43. The summed E-state index contributed by atoms with van der Waals surface area (Å²) in [4.78, 5) is 20.4. The Balaban J connectivity index is 1.44. The number of aromatic nitrogens is 2. The molecule has 0 saturated carbocycles. The lowest BCUT2D eigenvalue weighted by Gasteiger charge is -2.16.